The standard InChI is InChI=1S/C29H41N5O5S/c1-32(26(22-9-4-2-5-10-22)20-33-18-14-23(35)19-33)28(36)21-39-27-13-12-25(29-24(27)11-8-15-30-29)31-40(37,38)34-16-6-3-7-17-34/h2,4-5,9-10,12-13,23,26,30-31,35H,3,6-8,11,14-21H2,1H3/t23-,26?/m0/s1. The van der Waals surface area contributed by atoms with Crippen LogP contribution in [-0.2, 0) is 21.4 Å². The van der Waals surface area contributed by atoms with Crippen molar-refractivity contribution < 1.29 is 23.1 Å². The molecule has 3 heterocycles. The summed E-state index contributed by atoms with van der Waals surface area (Å²) in [5.41, 5.74) is 3.14. The number of nitrogens with zero attached hydrogens (tertiary/aromatic N) is 3. The summed E-state index contributed by atoms with van der Waals surface area (Å²) in [6.07, 6.45) is 4.83. The van der Waals surface area contributed by atoms with E-state index in [2.05, 4.69) is 14.9 Å². The Labute approximate surface area is 237 Å². The highest BCUT2D eigenvalue weighted by atomic mass is 32.2. The number of piperidine rings is 1. The second kappa shape index (κ2) is 12.8. The van der Waals surface area contributed by atoms with E-state index in [1.54, 1.807) is 24.1 Å². The summed E-state index contributed by atoms with van der Waals surface area (Å²) >= 11 is 0. The molecule has 218 valence electrons. The first kappa shape index (κ1) is 28.7. The maximum absolute atomic E-state index is 13.4. The fourth-order valence-corrected chi connectivity index (χ4v) is 7.17. The number of fused-ring (bicyclic) bond motifs is 1. The van der Waals surface area contributed by atoms with E-state index in [1.165, 1.54) is 4.31 Å². The average Bonchev–Trinajstić information content (AvgIpc) is 3.40. The van der Waals surface area contributed by atoms with E-state index in [0.29, 0.717) is 37.6 Å². The van der Waals surface area contributed by atoms with Gasteiger partial charge in [-0.05, 0) is 49.8 Å². The molecular formula is C29H41N5O5S. The van der Waals surface area contributed by atoms with Crippen LogP contribution >= 0.6 is 0 Å². The number of nitrogens with one attached hydrogen (secondary N) is 2. The Balaban J connectivity index is 1.28. The molecule has 1 unspecified atom stereocenters. The lowest BCUT2D eigenvalue weighted by molar-refractivity contribution is -0.134. The number of anilines is 2. The fourth-order valence-electron chi connectivity index (χ4n) is 5.85. The molecule has 0 radical (unpaired) electrons. The SMILES string of the molecule is CN(C(=O)COc1ccc(NS(=O)(=O)N2CCCCC2)c2c1CCCN2)C(CN1CC[C@H](O)C1)c1ccccc1. The monoisotopic (exact) mass is 571 g/mol. The first-order chi connectivity index (χ1) is 19.3. The van der Waals surface area contributed by atoms with Crippen LogP contribution in [0.5, 0.6) is 5.75 Å². The molecule has 2 atom stereocenters. The molecule has 2 aromatic carbocycles. The molecule has 10 nitrogen and oxygen atoms in total. The van der Waals surface area contributed by atoms with E-state index in [-0.39, 0.29) is 24.7 Å². The number of carbonyl (C=O) groups is 1. The number of β-amino-alcohol motifs (C(OH)–C–C–N with tert-alkyl or cyclic N) is 1. The van der Waals surface area contributed by atoms with Gasteiger partial charge in [-0.1, -0.05) is 36.8 Å². The van der Waals surface area contributed by atoms with Crippen molar-refractivity contribution in [3.63, 3.8) is 0 Å². The molecule has 3 aliphatic heterocycles. The van der Waals surface area contributed by atoms with Gasteiger partial charge in [0.05, 0.1) is 23.5 Å². The van der Waals surface area contributed by atoms with Gasteiger partial charge < -0.3 is 20.1 Å². The van der Waals surface area contributed by atoms with Gasteiger partial charge in [-0.3, -0.25) is 14.4 Å². The summed E-state index contributed by atoms with van der Waals surface area (Å²) in [6.45, 7) is 3.71. The molecule has 0 aliphatic carbocycles. The Hall–Kier alpha value is -2.86. The summed E-state index contributed by atoms with van der Waals surface area (Å²) in [5, 5.41) is 13.3. The highest BCUT2D eigenvalue weighted by Gasteiger charge is 2.30. The lowest BCUT2D eigenvalue weighted by Crippen LogP contribution is -2.41. The minimum absolute atomic E-state index is 0.131. The number of hydrogen-bond acceptors (Lipinski definition) is 7. The summed E-state index contributed by atoms with van der Waals surface area (Å²) in [7, 11) is -1.85. The Morgan fingerprint density at radius 3 is 2.62 bits per heavy atom. The summed E-state index contributed by atoms with van der Waals surface area (Å²) in [6, 6.07) is 13.2. The molecule has 3 aliphatic rings. The fraction of sp³-hybridized carbons (Fsp3) is 0.552. The maximum Gasteiger partial charge on any atom is 0.301 e. The number of likely N-dealkylation sites (tertiary alicyclic amines) is 1. The molecule has 0 bridgehead atoms. The number of likely N-dealkylation sites (N-methyl/N-ethyl adjacent to an activating group) is 1. The number of ether oxygens (including phenoxy) is 1. The van der Waals surface area contributed by atoms with Crippen LogP contribution in [-0.4, -0.2) is 92.6 Å². The van der Waals surface area contributed by atoms with Crippen molar-refractivity contribution in [3.05, 3.63) is 53.6 Å². The summed E-state index contributed by atoms with van der Waals surface area (Å²) in [4.78, 5) is 17.3. The number of benzene rings is 2. The van der Waals surface area contributed by atoms with Gasteiger partial charge in [0.15, 0.2) is 6.61 Å². The molecule has 1 amide bonds. The van der Waals surface area contributed by atoms with Crippen LogP contribution in [0.2, 0.25) is 0 Å². The normalized spacial score (nSPS) is 20.8. The molecule has 2 saturated heterocycles. The third-order valence-electron chi connectivity index (χ3n) is 8.14. The van der Waals surface area contributed by atoms with E-state index in [9.17, 15) is 18.3 Å². The van der Waals surface area contributed by atoms with Crippen LogP contribution < -0.4 is 14.8 Å². The van der Waals surface area contributed by atoms with Crippen molar-refractivity contribution in [2.24, 2.45) is 0 Å². The zero-order chi connectivity index (χ0) is 28.1. The molecule has 3 N–H and O–H groups in total. The molecule has 40 heavy (non-hydrogen) atoms. The molecule has 0 aromatic heterocycles. The molecule has 5 rings (SSSR count). The lowest BCUT2D eigenvalue weighted by Gasteiger charge is -2.32. The zero-order valence-corrected chi connectivity index (χ0v) is 24.0. The Morgan fingerprint density at radius 1 is 1.12 bits per heavy atom. The number of aliphatic hydroxyl groups excluding tert-OH is 1. The van der Waals surface area contributed by atoms with Crippen LogP contribution in [0.25, 0.3) is 0 Å². The third kappa shape index (κ3) is 6.71. The number of carbonyl (C=O) groups excluding carboxylic acids is 1. The number of hydrogen-bond donors (Lipinski definition) is 3. The topological polar surface area (TPSA) is 114 Å². The van der Waals surface area contributed by atoms with Gasteiger partial charge in [-0.25, -0.2) is 0 Å². The van der Waals surface area contributed by atoms with Crippen molar-refractivity contribution in [3.8, 4) is 5.75 Å². The molecular weight excluding hydrogens is 530 g/mol. The Kier molecular flexibility index (Phi) is 9.14. The van der Waals surface area contributed by atoms with Gasteiger partial charge in [0.1, 0.15) is 5.75 Å². The number of amides is 1. The summed E-state index contributed by atoms with van der Waals surface area (Å²) in [5.74, 6) is 0.435. The molecule has 0 spiro atoms. The quantitative estimate of drug-likeness (QED) is 0.402. The van der Waals surface area contributed by atoms with Crippen molar-refractivity contribution in [1.29, 1.82) is 0 Å². The highest BCUT2D eigenvalue weighted by molar-refractivity contribution is 7.90. The second-order valence-corrected chi connectivity index (χ2v) is 12.7. The summed E-state index contributed by atoms with van der Waals surface area (Å²) < 4.78 is 36.4. The average molecular weight is 572 g/mol. The zero-order valence-electron chi connectivity index (χ0n) is 23.2. The van der Waals surface area contributed by atoms with Crippen LogP contribution in [0.3, 0.4) is 0 Å². The predicted molar refractivity (Wildman–Crippen MR) is 156 cm³/mol. The van der Waals surface area contributed by atoms with Crippen molar-refractivity contribution in [2.75, 3.05) is 63.0 Å². The van der Waals surface area contributed by atoms with Crippen molar-refractivity contribution in [1.82, 2.24) is 14.1 Å². The minimum atomic E-state index is -3.65. The van der Waals surface area contributed by atoms with E-state index in [1.807, 2.05) is 30.3 Å². The Bertz CT molecular complexity index is 1270. The van der Waals surface area contributed by atoms with Crippen LogP contribution in [0.1, 0.15) is 49.3 Å². The van der Waals surface area contributed by atoms with Gasteiger partial charge in [-0.15, -0.1) is 0 Å². The number of rotatable bonds is 10. The highest BCUT2D eigenvalue weighted by Crippen LogP contribution is 2.38. The van der Waals surface area contributed by atoms with Crippen LogP contribution in [0.15, 0.2) is 42.5 Å². The van der Waals surface area contributed by atoms with Gasteiger partial charge >= 0.3 is 10.2 Å². The van der Waals surface area contributed by atoms with Crippen LogP contribution in [0.4, 0.5) is 11.4 Å². The number of aliphatic hydroxyl groups is 1. The van der Waals surface area contributed by atoms with Crippen molar-refractivity contribution in [2.45, 2.75) is 50.7 Å². The van der Waals surface area contributed by atoms with E-state index in [0.717, 1.165) is 68.4 Å². The molecule has 2 fully saturated rings. The first-order valence-electron chi connectivity index (χ1n) is 14.3. The Morgan fingerprint density at radius 2 is 1.90 bits per heavy atom. The smallest absolute Gasteiger partial charge is 0.301 e. The largest absolute Gasteiger partial charge is 0.483 e. The second-order valence-electron chi connectivity index (χ2n) is 11.0. The lowest BCUT2D eigenvalue weighted by atomic mass is 10.0. The first-order valence-corrected chi connectivity index (χ1v) is 15.8. The molecule has 0 saturated carbocycles. The van der Waals surface area contributed by atoms with E-state index < -0.39 is 10.2 Å². The maximum atomic E-state index is 13.4. The van der Waals surface area contributed by atoms with E-state index >= 15 is 0 Å². The van der Waals surface area contributed by atoms with E-state index in [4.69, 9.17) is 4.74 Å². The molecule has 11 heteroatoms. The van der Waals surface area contributed by atoms with Crippen LogP contribution in [0, 0.1) is 0 Å². The third-order valence-corrected chi connectivity index (χ3v) is 9.67. The van der Waals surface area contributed by atoms with Gasteiger partial charge in [0.25, 0.3) is 5.91 Å². The minimum Gasteiger partial charge on any atom is -0.483 e. The van der Waals surface area contributed by atoms with Gasteiger partial charge in [0.2, 0.25) is 0 Å². The molecule has 2 aromatic rings. The predicted octanol–water partition coefficient (Wildman–Crippen LogP) is 2.83. The van der Waals surface area contributed by atoms with Gasteiger partial charge in [0, 0.05) is 51.9 Å². The van der Waals surface area contributed by atoms with Gasteiger partial charge in [-0.2, -0.15) is 12.7 Å². The van der Waals surface area contributed by atoms with Crippen molar-refractivity contribution >= 4 is 27.5 Å².